The molecule has 3 aromatic rings. The van der Waals surface area contributed by atoms with Gasteiger partial charge in [0.15, 0.2) is 0 Å². The third-order valence-electron chi connectivity index (χ3n) is 5.49. The molecule has 0 radical (unpaired) electrons. The highest BCUT2D eigenvalue weighted by atomic mass is 19.4. The highest BCUT2D eigenvalue weighted by Gasteiger charge is 2.39. The Morgan fingerprint density at radius 2 is 1.77 bits per heavy atom. The number of benzene rings is 2. The van der Waals surface area contributed by atoms with Crippen molar-refractivity contribution in [1.82, 2.24) is 0 Å². The molecule has 1 aliphatic heterocycles. The van der Waals surface area contributed by atoms with Crippen molar-refractivity contribution in [1.29, 1.82) is 0 Å². The molecule has 2 heterocycles. The van der Waals surface area contributed by atoms with Gasteiger partial charge in [0.05, 0.1) is 31.1 Å². The van der Waals surface area contributed by atoms with Crippen LogP contribution in [0, 0.1) is 0 Å². The van der Waals surface area contributed by atoms with Crippen LogP contribution in [0.2, 0.25) is 0 Å². The van der Waals surface area contributed by atoms with Gasteiger partial charge >= 0.3 is 6.18 Å². The molecular weight excluding hydrogens is 399 g/mol. The normalized spacial score (nSPS) is 15.1. The Bertz CT molecular complexity index is 1130. The molecule has 30 heavy (non-hydrogen) atoms. The van der Waals surface area contributed by atoms with E-state index in [2.05, 4.69) is 0 Å². The highest BCUT2D eigenvalue weighted by molar-refractivity contribution is 5.86. The molecule has 2 aromatic carbocycles. The molecule has 1 N–H and O–H groups in total. The quantitative estimate of drug-likeness (QED) is 0.706. The third-order valence-corrected chi connectivity index (χ3v) is 5.49. The van der Waals surface area contributed by atoms with E-state index in [-0.39, 0.29) is 28.6 Å². The van der Waals surface area contributed by atoms with Gasteiger partial charge in [0.2, 0.25) is 11.2 Å². The Labute approximate surface area is 170 Å². The van der Waals surface area contributed by atoms with Crippen molar-refractivity contribution in [3.63, 3.8) is 0 Å². The molecule has 5 nitrogen and oxygen atoms in total. The van der Waals surface area contributed by atoms with E-state index in [1.165, 1.54) is 43.5 Å². The molecule has 1 aliphatic rings. The first-order chi connectivity index (χ1) is 14.3. The largest absolute Gasteiger partial charge is 0.872 e. The summed E-state index contributed by atoms with van der Waals surface area (Å²) in [5.41, 5.74) is -1.47. The Morgan fingerprint density at radius 3 is 2.37 bits per heavy atom. The number of methoxy groups -OCH3 is 1. The van der Waals surface area contributed by atoms with Gasteiger partial charge in [0.25, 0.3) is 0 Å². The molecule has 158 valence electrons. The number of nitrogens with one attached hydrogen (secondary N) is 1. The van der Waals surface area contributed by atoms with E-state index in [4.69, 9.17) is 9.15 Å². The van der Waals surface area contributed by atoms with Crippen molar-refractivity contribution in [2.75, 3.05) is 20.2 Å². The van der Waals surface area contributed by atoms with Crippen molar-refractivity contribution >= 4 is 11.0 Å². The molecule has 0 bridgehead atoms. The van der Waals surface area contributed by atoms with Gasteiger partial charge in [-0.2, -0.15) is 13.2 Å². The van der Waals surface area contributed by atoms with Crippen LogP contribution in [0.5, 0.6) is 11.5 Å². The van der Waals surface area contributed by atoms with E-state index in [1.807, 2.05) is 0 Å². The monoisotopic (exact) mass is 419 g/mol. The summed E-state index contributed by atoms with van der Waals surface area (Å²) in [6.45, 7) is 1.89. The first-order valence-corrected chi connectivity index (χ1v) is 9.64. The number of rotatable bonds is 4. The standard InChI is InChI=1S/C22H20F3NO4/c1-29-14-6-4-13(5-7-14)18-19(28)15-8-9-17(27)16(12-26-10-2-3-11-26)20(15)30-21(18)22(23,24)25/h4-9,27H,2-3,10-12H2,1H3. The summed E-state index contributed by atoms with van der Waals surface area (Å²) in [6.07, 6.45) is -2.92. The number of quaternary nitrogens is 1. The average Bonchev–Trinajstić information content (AvgIpc) is 3.22. The van der Waals surface area contributed by atoms with E-state index in [0.29, 0.717) is 5.75 Å². The van der Waals surface area contributed by atoms with Gasteiger partial charge in [-0.05, 0) is 23.8 Å². The van der Waals surface area contributed by atoms with Crippen molar-refractivity contribution in [2.45, 2.75) is 25.6 Å². The first kappa shape index (κ1) is 20.3. The lowest BCUT2D eigenvalue weighted by Crippen LogP contribution is -3.08. The second-order valence-corrected chi connectivity index (χ2v) is 7.41. The fourth-order valence-electron chi connectivity index (χ4n) is 3.98. The molecule has 0 atom stereocenters. The number of fused-ring (bicyclic) bond motifs is 1. The van der Waals surface area contributed by atoms with E-state index < -0.39 is 28.7 Å². The van der Waals surface area contributed by atoms with Gasteiger partial charge in [0, 0.05) is 18.4 Å². The van der Waals surface area contributed by atoms with Crippen LogP contribution in [-0.2, 0) is 12.7 Å². The fraction of sp³-hybridized carbons (Fsp3) is 0.318. The summed E-state index contributed by atoms with van der Waals surface area (Å²) in [4.78, 5) is 14.2. The van der Waals surface area contributed by atoms with Gasteiger partial charge in [-0.25, -0.2) is 0 Å². The highest BCUT2D eigenvalue weighted by Crippen LogP contribution is 2.39. The predicted octanol–water partition coefficient (Wildman–Crippen LogP) is 2.74. The maximum Gasteiger partial charge on any atom is 0.450 e. The lowest BCUT2D eigenvalue weighted by molar-refractivity contribution is -0.901. The maximum atomic E-state index is 13.9. The van der Waals surface area contributed by atoms with Gasteiger partial charge in [-0.3, -0.25) is 4.79 Å². The van der Waals surface area contributed by atoms with E-state index in [1.54, 1.807) is 0 Å². The van der Waals surface area contributed by atoms with Crippen LogP contribution < -0.4 is 20.2 Å². The lowest BCUT2D eigenvalue weighted by atomic mass is 10.00. The SMILES string of the molecule is COc1ccc(-c2c(C(F)(F)F)oc3c(C[NH+]4CCCC4)c([O-])ccc3c2=O)cc1. The Kier molecular flexibility index (Phi) is 5.19. The predicted molar refractivity (Wildman–Crippen MR) is 103 cm³/mol. The van der Waals surface area contributed by atoms with Crippen LogP contribution in [0.15, 0.2) is 45.6 Å². The van der Waals surface area contributed by atoms with Crippen molar-refractivity contribution in [2.24, 2.45) is 0 Å². The average molecular weight is 419 g/mol. The molecule has 0 amide bonds. The van der Waals surface area contributed by atoms with Gasteiger partial charge in [0.1, 0.15) is 17.9 Å². The van der Waals surface area contributed by atoms with Crippen LogP contribution >= 0.6 is 0 Å². The molecule has 1 aromatic heterocycles. The number of alkyl halides is 3. The zero-order valence-corrected chi connectivity index (χ0v) is 16.3. The molecule has 0 spiro atoms. The molecule has 0 aliphatic carbocycles. The Balaban J connectivity index is 1.97. The van der Waals surface area contributed by atoms with Gasteiger partial charge in [-0.1, -0.05) is 23.9 Å². The van der Waals surface area contributed by atoms with Crippen LogP contribution in [0.3, 0.4) is 0 Å². The van der Waals surface area contributed by atoms with E-state index in [0.717, 1.165) is 30.8 Å². The number of likely N-dealkylation sites (tertiary alicyclic amines) is 1. The topological polar surface area (TPSA) is 66.9 Å². The molecule has 0 unspecified atom stereocenters. The molecule has 8 heteroatoms. The second kappa shape index (κ2) is 7.68. The summed E-state index contributed by atoms with van der Waals surface area (Å²) in [5.74, 6) is -1.37. The maximum absolute atomic E-state index is 13.9. The van der Waals surface area contributed by atoms with Crippen molar-refractivity contribution < 1.29 is 32.3 Å². The lowest BCUT2D eigenvalue weighted by Gasteiger charge is -2.20. The van der Waals surface area contributed by atoms with E-state index in [9.17, 15) is 23.1 Å². The van der Waals surface area contributed by atoms with Crippen molar-refractivity contribution in [3.05, 3.63) is 57.9 Å². The molecule has 4 rings (SSSR count). The molecule has 1 fully saturated rings. The zero-order chi connectivity index (χ0) is 21.5. The minimum atomic E-state index is -4.90. The number of hydrogen-bond acceptors (Lipinski definition) is 4. The minimum absolute atomic E-state index is 0.0259. The fourth-order valence-corrected chi connectivity index (χ4v) is 3.98. The Morgan fingerprint density at radius 1 is 1.10 bits per heavy atom. The first-order valence-electron chi connectivity index (χ1n) is 9.64. The second-order valence-electron chi connectivity index (χ2n) is 7.41. The van der Waals surface area contributed by atoms with Crippen molar-refractivity contribution in [3.8, 4) is 22.6 Å². The number of ether oxygens (including phenoxy) is 1. The van der Waals surface area contributed by atoms with Crippen LogP contribution in [0.4, 0.5) is 13.2 Å². The smallest absolute Gasteiger partial charge is 0.450 e. The molecule has 1 saturated heterocycles. The Hall–Kier alpha value is -3.00. The number of hydrogen-bond donors (Lipinski definition) is 1. The van der Waals surface area contributed by atoms with Gasteiger partial charge < -0.3 is 19.2 Å². The summed E-state index contributed by atoms with van der Waals surface area (Å²) >= 11 is 0. The summed E-state index contributed by atoms with van der Waals surface area (Å²) in [5, 5.41) is 12.4. The number of halogens is 3. The summed E-state index contributed by atoms with van der Waals surface area (Å²) in [7, 11) is 1.44. The zero-order valence-electron chi connectivity index (χ0n) is 16.3. The minimum Gasteiger partial charge on any atom is -0.872 e. The van der Waals surface area contributed by atoms with E-state index >= 15 is 0 Å². The molecular formula is C22H20F3NO4. The summed E-state index contributed by atoms with van der Waals surface area (Å²) < 4.78 is 52.0. The van der Waals surface area contributed by atoms with Crippen LogP contribution in [0.1, 0.15) is 24.2 Å². The summed E-state index contributed by atoms with van der Waals surface area (Å²) in [6, 6.07) is 8.19. The van der Waals surface area contributed by atoms with Crippen LogP contribution in [-0.4, -0.2) is 20.2 Å². The molecule has 0 saturated carbocycles. The van der Waals surface area contributed by atoms with Crippen LogP contribution in [0.25, 0.3) is 22.1 Å². The van der Waals surface area contributed by atoms with Gasteiger partial charge in [-0.15, -0.1) is 0 Å². The third kappa shape index (κ3) is 3.63.